The summed E-state index contributed by atoms with van der Waals surface area (Å²) in [6.07, 6.45) is 0. The molecular weight excluding hydrogens is 185 g/mol. The molecule has 74 valence electrons. The van der Waals surface area contributed by atoms with Gasteiger partial charge in [0.1, 0.15) is 0 Å². The van der Waals surface area contributed by atoms with Crippen LogP contribution in [0.2, 0.25) is 0 Å². The SMILES string of the molecule is Cc1ccc(B(O)O)c(C)c1[N+](=O)[O-]. The fourth-order valence-corrected chi connectivity index (χ4v) is 1.41. The Balaban J connectivity index is 3.41. The Kier molecular flexibility index (Phi) is 2.88. The average molecular weight is 195 g/mol. The molecule has 0 radical (unpaired) electrons. The molecule has 0 amide bonds. The molecule has 0 saturated heterocycles. The van der Waals surface area contributed by atoms with Gasteiger partial charge in [0.05, 0.1) is 4.92 Å². The van der Waals surface area contributed by atoms with Gasteiger partial charge in [-0.3, -0.25) is 10.1 Å². The number of nitro groups is 1. The second-order valence-electron chi connectivity index (χ2n) is 3.08. The molecule has 6 heteroatoms. The summed E-state index contributed by atoms with van der Waals surface area (Å²) in [7, 11) is -1.67. The van der Waals surface area contributed by atoms with E-state index in [1.807, 2.05) is 0 Å². The third-order valence-electron chi connectivity index (χ3n) is 2.14. The van der Waals surface area contributed by atoms with E-state index in [9.17, 15) is 10.1 Å². The predicted molar refractivity (Wildman–Crippen MR) is 52.4 cm³/mol. The van der Waals surface area contributed by atoms with Crippen LogP contribution in [0.3, 0.4) is 0 Å². The van der Waals surface area contributed by atoms with Crippen LogP contribution in [0.1, 0.15) is 11.1 Å². The fourth-order valence-electron chi connectivity index (χ4n) is 1.41. The molecular formula is C8H10BNO4. The summed E-state index contributed by atoms with van der Waals surface area (Å²) in [6, 6.07) is 2.97. The highest BCUT2D eigenvalue weighted by molar-refractivity contribution is 6.59. The van der Waals surface area contributed by atoms with Gasteiger partial charge in [-0.05, 0) is 19.3 Å². The minimum atomic E-state index is -1.67. The van der Waals surface area contributed by atoms with E-state index in [1.54, 1.807) is 6.92 Å². The molecule has 0 heterocycles. The largest absolute Gasteiger partial charge is 0.488 e. The summed E-state index contributed by atoms with van der Waals surface area (Å²) < 4.78 is 0. The van der Waals surface area contributed by atoms with Gasteiger partial charge < -0.3 is 10.0 Å². The molecule has 2 N–H and O–H groups in total. The smallest absolute Gasteiger partial charge is 0.423 e. The first-order chi connectivity index (χ1) is 6.45. The van der Waals surface area contributed by atoms with E-state index in [0.29, 0.717) is 11.1 Å². The summed E-state index contributed by atoms with van der Waals surface area (Å²) in [5, 5.41) is 28.5. The maximum Gasteiger partial charge on any atom is 0.488 e. The van der Waals surface area contributed by atoms with E-state index in [1.165, 1.54) is 19.1 Å². The van der Waals surface area contributed by atoms with Gasteiger partial charge in [0, 0.05) is 11.1 Å². The number of aryl methyl sites for hydroxylation is 1. The van der Waals surface area contributed by atoms with Crippen molar-refractivity contribution in [3.63, 3.8) is 0 Å². The third-order valence-corrected chi connectivity index (χ3v) is 2.14. The minimum Gasteiger partial charge on any atom is -0.423 e. The number of nitrogens with zero attached hydrogens (tertiary/aromatic N) is 1. The number of nitro benzene ring substituents is 1. The number of hydrogen-bond acceptors (Lipinski definition) is 4. The molecule has 1 rings (SSSR count). The zero-order chi connectivity index (χ0) is 10.9. The average Bonchev–Trinajstić information content (AvgIpc) is 2.02. The van der Waals surface area contributed by atoms with Crippen LogP contribution in [0.15, 0.2) is 12.1 Å². The van der Waals surface area contributed by atoms with Crippen molar-refractivity contribution in [1.82, 2.24) is 0 Å². The summed E-state index contributed by atoms with van der Waals surface area (Å²) in [5.74, 6) is 0. The zero-order valence-electron chi connectivity index (χ0n) is 7.89. The first-order valence-corrected chi connectivity index (χ1v) is 4.05. The maximum atomic E-state index is 10.7. The summed E-state index contributed by atoms with van der Waals surface area (Å²) in [6.45, 7) is 3.11. The Labute approximate surface area is 81.3 Å². The first-order valence-electron chi connectivity index (χ1n) is 4.05. The molecule has 0 bridgehead atoms. The minimum absolute atomic E-state index is 0.0596. The molecule has 0 aliphatic rings. The normalized spacial score (nSPS) is 10.0. The Morgan fingerprint density at radius 1 is 1.36 bits per heavy atom. The molecule has 0 aliphatic heterocycles. The Hall–Kier alpha value is -1.40. The number of benzene rings is 1. The lowest BCUT2D eigenvalue weighted by atomic mass is 9.76. The van der Waals surface area contributed by atoms with Gasteiger partial charge in [-0.15, -0.1) is 0 Å². The lowest BCUT2D eigenvalue weighted by Crippen LogP contribution is -2.32. The molecule has 0 aliphatic carbocycles. The van der Waals surface area contributed by atoms with E-state index in [-0.39, 0.29) is 11.2 Å². The van der Waals surface area contributed by atoms with Crippen LogP contribution < -0.4 is 5.46 Å². The monoisotopic (exact) mass is 195 g/mol. The van der Waals surface area contributed by atoms with E-state index >= 15 is 0 Å². The van der Waals surface area contributed by atoms with Crippen molar-refractivity contribution in [2.24, 2.45) is 0 Å². The van der Waals surface area contributed by atoms with E-state index < -0.39 is 12.0 Å². The van der Waals surface area contributed by atoms with E-state index in [0.717, 1.165) is 0 Å². The Morgan fingerprint density at radius 3 is 2.36 bits per heavy atom. The highest BCUT2D eigenvalue weighted by Gasteiger charge is 2.22. The van der Waals surface area contributed by atoms with E-state index in [4.69, 9.17) is 10.0 Å². The standard InChI is InChI=1S/C8H10BNO4/c1-5-3-4-7(9(11)12)6(2)8(5)10(13)14/h3-4,11-12H,1-2H3. The Morgan fingerprint density at radius 2 is 1.93 bits per heavy atom. The molecule has 0 spiro atoms. The summed E-state index contributed by atoms with van der Waals surface area (Å²) in [5.41, 5.74) is 0.916. The Bertz CT molecular complexity index is 378. The van der Waals surface area contributed by atoms with Crippen molar-refractivity contribution >= 4 is 18.3 Å². The highest BCUT2D eigenvalue weighted by atomic mass is 16.6. The quantitative estimate of drug-likeness (QED) is 0.391. The summed E-state index contributed by atoms with van der Waals surface area (Å²) >= 11 is 0. The van der Waals surface area contributed by atoms with Crippen molar-refractivity contribution in [2.45, 2.75) is 13.8 Å². The molecule has 0 aromatic heterocycles. The van der Waals surface area contributed by atoms with Gasteiger partial charge in [-0.1, -0.05) is 12.1 Å². The third kappa shape index (κ3) is 1.76. The van der Waals surface area contributed by atoms with Crippen LogP contribution in [0.5, 0.6) is 0 Å². The van der Waals surface area contributed by atoms with Crippen LogP contribution in [0.4, 0.5) is 5.69 Å². The topological polar surface area (TPSA) is 83.6 Å². The van der Waals surface area contributed by atoms with Gasteiger partial charge in [0.2, 0.25) is 0 Å². The zero-order valence-corrected chi connectivity index (χ0v) is 7.89. The van der Waals surface area contributed by atoms with Gasteiger partial charge in [-0.25, -0.2) is 0 Å². The lowest BCUT2D eigenvalue weighted by Gasteiger charge is -2.06. The summed E-state index contributed by atoms with van der Waals surface area (Å²) in [4.78, 5) is 10.1. The molecule has 1 aromatic carbocycles. The maximum absolute atomic E-state index is 10.7. The van der Waals surface area contributed by atoms with Gasteiger partial charge >= 0.3 is 7.12 Å². The van der Waals surface area contributed by atoms with Gasteiger partial charge in [0.15, 0.2) is 0 Å². The molecule has 14 heavy (non-hydrogen) atoms. The molecule has 1 aromatic rings. The second kappa shape index (κ2) is 3.77. The van der Waals surface area contributed by atoms with Gasteiger partial charge in [0.25, 0.3) is 5.69 Å². The molecule has 0 unspecified atom stereocenters. The number of rotatable bonds is 2. The van der Waals surface area contributed by atoms with Crippen LogP contribution >= 0.6 is 0 Å². The van der Waals surface area contributed by atoms with Crippen LogP contribution in [-0.4, -0.2) is 22.1 Å². The predicted octanol–water partition coefficient (Wildman–Crippen LogP) is -0.109. The van der Waals surface area contributed by atoms with Crippen molar-refractivity contribution in [2.75, 3.05) is 0 Å². The van der Waals surface area contributed by atoms with Crippen LogP contribution in [-0.2, 0) is 0 Å². The fraction of sp³-hybridized carbons (Fsp3) is 0.250. The van der Waals surface area contributed by atoms with Crippen molar-refractivity contribution in [3.8, 4) is 0 Å². The van der Waals surface area contributed by atoms with Crippen LogP contribution in [0.25, 0.3) is 0 Å². The van der Waals surface area contributed by atoms with Crippen molar-refractivity contribution in [1.29, 1.82) is 0 Å². The van der Waals surface area contributed by atoms with E-state index in [2.05, 4.69) is 0 Å². The number of hydrogen-bond donors (Lipinski definition) is 2. The van der Waals surface area contributed by atoms with Crippen molar-refractivity contribution < 1.29 is 15.0 Å². The molecule has 0 atom stereocenters. The van der Waals surface area contributed by atoms with Crippen LogP contribution in [0, 0.1) is 24.0 Å². The van der Waals surface area contributed by atoms with Crippen molar-refractivity contribution in [3.05, 3.63) is 33.4 Å². The van der Waals surface area contributed by atoms with Gasteiger partial charge in [-0.2, -0.15) is 0 Å². The highest BCUT2D eigenvalue weighted by Crippen LogP contribution is 2.20. The molecule has 0 saturated carbocycles. The molecule has 0 fully saturated rings. The molecule has 5 nitrogen and oxygen atoms in total. The second-order valence-corrected chi connectivity index (χ2v) is 3.08. The lowest BCUT2D eigenvalue weighted by molar-refractivity contribution is -0.385. The first kappa shape index (κ1) is 10.7.